The van der Waals surface area contributed by atoms with Crippen molar-refractivity contribution in [2.45, 2.75) is 54.7 Å². The molecule has 148 valence electrons. The highest BCUT2D eigenvalue weighted by atomic mass is 32.2. The zero-order valence-electron chi connectivity index (χ0n) is 16.3. The first-order valence-corrected chi connectivity index (χ1v) is 11.4. The van der Waals surface area contributed by atoms with Gasteiger partial charge in [0.2, 0.25) is 0 Å². The molecule has 4 bridgehead atoms. The molecule has 0 atom stereocenters. The van der Waals surface area contributed by atoms with Crippen LogP contribution < -0.4 is 0 Å². The van der Waals surface area contributed by atoms with E-state index in [9.17, 15) is 10.1 Å². The maximum Gasteiger partial charge on any atom is 0.354 e. The van der Waals surface area contributed by atoms with Gasteiger partial charge < -0.3 is 5.11 Å². The third-order valence-corrected chi connectivity index (χ3v) is 8.24. The predicted molar refractivity (Wildman–Crippen MR) is 112 cm³/mol. The lowest BCUT2D eigenvalue weighted by atomic mass is 9.48. The number of hydrogen-bond donors (Lipinski definition) is 1. The second-order valence-corrected chi connectivity index (χ2v) is 10.1. The first-order valence-electron chi connectivity index (χ1n) is 10.4. The molecule has 0 radical (unpaired) electrons. The Morgan fingerprint density at radius 1 is 1.07 bits per heavy atom. The number of nitriles is 1. The van der Waals surface area contributed by atoms with Gasteiger partial charge in [-0.1, -0.05) is 24.3 Å². The quantitative estimate of drug-likeness (QED) is 0.674. The molecule has 1 aromatic carbocycles. The van der Waals surface area contributed by atoms with Crippen molar-refractivity contribution in [2.75, 3.05) is 0 Å². The van der Waals surface area contributed by atoms with Crippen LogP contribution in [0.3, 0.4) is 0 Å². The van der Waals surface area contributed by atoms with E-state index in [1.165, 1.54) is 73.5 Å². The number of carboxylic acids is 1. The van der Waals surface area contributed by atoms with Gasteiger partial charge in [-0.25, -0.2) is 9.78 Å². The van der Waals surface area contributed by atoms with Gasteiger partial charge in [0.05, 0.1) is 5.56 Å². The minimum absolute atomic E-state index is 0.0244. The Bertz CT molecular complexity index is 958. The molecule has 0 amide bonds. The van der Waals surface area contributed by atoms with E-state index in [0.717, 1.165) is 17.8 Å². The summed E-state index contributed by atoms with van der Waals surface area (Å²) in [5.74, 6) is 2.41. The lowest BCUT2D eigenvalue weighted by molar-refractivity contribution is -0.00519. The summed E-state index contributed by atoms with van der Waals surface area (Å²) in [7, 11) is 0. The number of thioether (sulfide) groups is 1. The molecule has 6 rings (SSSR count). The summed E-state index contributed by atoms with van der Waals surface area (Å²) in [6.07, 6.45) is 8.46. The van der Waals surface area contributed by atoms with E-state index < -0.39 is 5.97 Å². The van der Waals surface area contributed by atoms with Gasteiger partial charge in [0.25, 0.3) is 0 Å². The number of benzene rings is 1. The molecular weight excluding hydrogens is 380 g/mol. The molecule has 0 aliphatic heterocycles. The lowest BCUT2D eigenvalue weighted by Gasteiger charge is -2.57. The number of rotatable bonds is 5. The summed E-state index contributed by atoms with van der Waals surface area (Å²) in [5.41, 5.74) is 3.49. The van der Waals surface area contributed by atoms with Crippen molar-refractivity contribution in [3.05, 3.63) is 58.8 Å². The summed E-state index contributed by atoms with van der Waals surface area (Å²) in [5, 5.41) is 18.9. The van der Waals surface area contributed by atoms with Gasteiger partial charge in [-0.05, 0) is 85.0 Å². The van der Waals surface area contributed by atoms with Crippen LogP contribution in [-0.2, 0) is 11.2 Å². The maximum atomic E-state index is 11.2. The molecule has 1 aromatic heterocycles. The summed E-state index contributed by atoms with van der Waals surface area (Å²) in [4.78, 5) is 15.3. The lowest BCUT2D eigenvalue weighted by Crippen LogP contribution is -2.48. The van der Waals surface area contributed by atoms with E-state index in [2.05, 4.69) is 35.3 Å². The first-order chi connectivity index (χ1) is 14.0. The average Bonchev–Trinajstić information content (AvgIpc) is 2.71. The number of carboxylic acid groups (broad SMARTS) is 1. The fraction of sp³-hybridized carbons (Fsp3) is 0.458. The summed E-state index contributed by atoms with van der Waals surface area (Å²) in [6.45, 7) is 0. The van der Waals surface area contributed by atoms with Gasteiger partial charge in [0.15, 0.2) is 0 Å². The summed E-state index contributed by atoms with van der Waals surface area (Å²) in [6, 6.07) is 14.1. The van der Waals surface area contributed by atoms with Crippen LogP contribution in [0.2, 0.25) is 0 Å². The molecule has 0 unspecified atom stereocenters. The predicted octanol–water partition coefficient (Wildman–Crippen LogP) is 5.41. The van der Waals surface area contributed by atoms with Gasteiger partial charge >= 0.3 is 5.97 Å². The van der Waals surface area contributed by atoms with Gasteiger partial charge in [-0.15, -0.1) is 11.8 Å². The van der Waals surface area contributed by atoms with Crippen molar-refractivity contribution >= 4 is 17.7 Å². The SMILES string of the molecule is N#Cc1ccc(C(=O)O)nc1SCc1ccc(C23CC4CC(CC(C4)C2)C3)cc1. The topological polar surface area (TPSA) is 74.0 Å². The molecular formula is C24H24N2O2S. The van der Waals surface area contributed by atoms with E-state index in [1.807, 2.05) is 0 Å². The molecule has 0 saturated heterocycles. The first kappa shape index (κ1) is 18.7. The van der Waals surface area contributed by atoms with Gasteiger partial charge in [0, 0.05) is 5.75 Å². The minimum Gasteiger partial charge on any atom is -0.477 e. The highest BCUT2D eigenvalue weighted by molar-refractivity contribution is 7.98. The van der Waals surface area contributed by atoms with Crippen LogP contribution in [0.15, 0.2) is 41.4 Å². The van der Waals surface area contributed by atoms with Crippen molar-refractivity contribution in [1.29, 1.82) is 5.26 Å². The standard InChI is InChI=1S/C24H24N2O2S/c25-13-19-3-6-21(23(27)28)26-22(19)29-14-15-1-4-20(5-2-15)24-10-16-7-17(11-24)9-18(8-16)12-24/h1-6,16-18H,7-12,14H2,(H,27,28). The number of nitrogens with zero attached hydrogens (tertiary/aromatic N) is 2. The van der Waals surface area contributed by atoms with E-state index in [-0.39, 0.29) is 5.69 Å². The molecule has 4 aliphatic rings. The smallest absolute Gasteiger partial charge is 0.354 e. The van der Waals surface area contributed by atoms with E-state index >= 15 is 0 Å². The highest BCUT2D eigenvalue weighted by Crippen LogP contribution is 2.60. The molecule has 4 aliphatic carbocycles. The summed E-state index contributed by atoms with van der Waals surface area (Å²) < 4.78 is 0. The van der Waals surface area contributed by atoms with Crippen molar-refractivity contribution < 1.29 is 9.90 Å². The Labute approximate surface area is 175 Å². The van der Waals surface area contributed by atoms with Crippen LogP contribution in [0.1, 0.15) is 65.7 Å². The molecule has 1 heterocycles. The molecule has 5 heteroatoms. The van der Waals surface area contributed by atoms with Crippen molar-refractivity contribution in [2.24, 2.45) is 17.8 Å². The largest absolute Gasteiger partial charge is 0.477 e. The Morgan fingerprint density at radius 2 is 1.69 bits per heavy atom. The Morgan fingerprint density at radius 3 is 2.24 bits per heavy atom. The maximum absolute atomic E-state index is 11.2. The van der Waals surface area contributed by atoms with Gasteiger partial charge in [0.1, 0.15) is 16.8 Å². The number of carbonyl (C=O) groups is 1. The highest BCUT2D eigenvalue weighted by Gasteiger charge is 2.51. The van der Waals surface area contributed by atoms with Gasteiger partial charge in [-0.3, -0.25) is 0 Å². The Kier molecular flexibility index (Phi) is 4.63. The second-order valence-electron chi connectivity index (χ2n) is 9.15. The molecule has 4 saturated carbocycles. The number of hydrogen-bond acceptors (Lipinski definition) is 4. The van der Waals surface area contributed by atoms with Crippen LogP contribution in [0, 0.1) is 29.1 Å². The Balaban J connectivity index is 1.32. The number of aromatic carboxylic acids is 1. The fourth-order valence-electron chi connectivity index (χ4n) is 6.33. The molecule has 4 nitrogen and oxygen atoms in total. The molecule has 0 spiro atoms. The van der Waals surface area contributed by atoms with Crippen LogP contribution in [-0.4, -0.2) is 16.1 Å². The number of pyridine rings is 1. The van der Waals surface area contributed by atoms with Crippen LogP contribution in [0.4, 0.5) is 0 Å². The normalized spacial score (nSPS) is 29.6. The van der Waals surface area contributed by atoms with Crippen LogP contribution >= 0.6 is 11.8 Å². The summed E-state index contributed by atoms with van der Waals surface area (Å²) >= 11 is 1.42. The molecule has 4 fully saturated rings. The van der Waals surface area contributed by atoms with Crippen molar-refractivity contribution in [1.82, 2.24) is 4.98 Å². The third-order valence-electron chi connectivity index (χ3n) is 7.18. The van der Waals surface area contributed by atoms with E-state index in [1.54, 1.807) is 0 Å². The Hall–Kier alpha value is -2.32. The zero-order valence-corrected chi connectivity index (χ0v) is 17.1. The molecule has 29 heavy (non-hydrogen) atoms. The fourth-order valence-corrected chi connectivity index (χ4v) is 7.25. The van der Waals surface area contributed by atoms with Crippen LogP contribution in [0.25, 0.3) is 0 Å². The minimum atomic E-state index is -1.07. The van der Waals surface area contributed by atoms with E-state index in [0.29, 0.717) is 21.8 Å². The number of aromatic nitrogens is 1. The monoisotopic (exact) mass is 404 g/mol. The molecule has 1 N–H and O–H groups in total. The second kappa shape index (κ2) is 7.18. The average molecular weight is 405 g/mol. The van der Waals surface area contributed by atoms with Crippen molar-refractivity contribution in [3.63, 3.8) is 0 Å². The zero-order chi connectivity index (χ0) is 20.0. The van der Waals surface area contributed by atoms with E-state index in [4.69, 9.17) is 5.11 Å². The van der Waals surface area contributed by atoms with Crippen LogP contribution in [0.5, 0.6) is 0 Å². The van der Waals surface area contributed by atoms with Crippen molar-refractivity contribution in [3.8, 4) is 6.07 Å². The van der Waals surface area contributed by atoms with Gasteiger partial charge in [-0.2, -0.15) is 5.26 Å². The molecule has 2 aromatic rings. The third kappa shape index (κ3) is 3.44.